The number of hydrogen-bond donors (Lipinski definition) is 0. The van der Waals surface area contributed by atoms with E-state index < -0.39 is 0 Å². The largest absolute Gasteiger partial charge is 3.00 e. The predicted octanol–water partition coefficient (Wildman–Crippen LogP) is 5.46. The summed E-state index contributed by atoms with van der Waals surface area (Å²) in [5.74, 6) is -0.125. The summed E-state index contributed by atoms with van der Waals surface area (Å²) in [5, 5.41) is 0. The predicted molar refractivity (Wildman–Crippen MR) is 130 cm³/mol. The van der Waals surface area contributed by atoms with E-state index in [2.05, 4.69) is 19.9 Å². The Kier molecular flexibility index (Phi) is 13.0. The topological polar surface area (TPSA) is 85.7 Å². The zero-order valence-corrected chi connectivity index (χ0v) is 21.5. The summed E-state index contributed by atoms with van der Waals surface area (Å²) < 4.78 is 0. The van der Waals surface area contributed by atoms with Crippen LogP contribution in [0, 0.1) is 13.8 Å². The van der Waals surface area contributed by atoms with Crippen molar-refractivity contribution < 1.29 is 29.1 Å². The first-order valence-electron chi connectivity index (χ1n) is 10.5. The Hall–Kier alpha value is -3.44. The van der Waals surface area contributed by atoms with Gasteiger partial charge in [-0.1, -0.05) is 60.7 Å². The minimum absolute atomic E-state index is 0. The van der Waals surface area contributed by atoms with Crippen molar-refractivity contribution >= 4 is 11.6 Å². The second-order valence-corrected chi connectivity index (χ2v) is 7.40. The van der Waals surface area contributed by atoms with Crippen molar-refractivity contribution in [2.75, 3.05) is 0 Å². The minimum atomic E-state index is -0.0625. The number of Topliss-reactive ketones (excluding diaryl/α,β-unsaturated/α-hetero) is 2. The fourth-order valence-corrected chi connectivity index (χ4v) is 2.79. The maximum Gasteiger partial charge on any atom is 3.00 e. The Morgan fingerprint density at radius 3 is 1.24 bits per heavy atom. The number of carbonyl (C=O) groups excluding carboxylic acids is 2. The number of aryl methyl sites for hydroxylation is 2. The molecule has 34 heavy (non-hydrogen) atoms. The van der Waals surface area contributed by atoms with Gasteiger partial charge in [-0.15, -0.1) is 0 Å². The van der Waals surface area contributed by atoms with E-state index in [4.69, 9.17) is 0 Å². The summed E-state index contributed by atoms with van der Waals surface area (Å²) in [6.45, 7) is 6.74. The fraction of sp³-hybridized carbons (Fsp3) is 0.185. The molecule has 173 valence electrons. The van der Waals surface area contributed by atoms with E-state index in [9.17, 15) is 9.59 Å². The van der Waals surface area contributed by atoms with Gasteiger partial charge in [-0.3, -0.25) is 9.59 Å². The summed E-state index contributed by atoms with van der Waals surface area (Å²) >= 11 is 0. The number of hydrogen-bond acceptors (Lipinski definition) is 6. The van der Waals surface area contributed by atoms with Crippen LogP contribution in [0.2, 0.25) is 0 Å². The van der Waals surface area contributed by atoms with Crippen LogP contribution in [0.4, 0.5) is 0 Å². The molecular formula is C27H28N4O2Ru+3. The Morgan fingerprint density at radius 2 is 0.971 bits per heavy atom. The van der Waals surface area contributed by atoms with Crippen molar-refractivity contribution in [1.82, 2.24) is 19.9 Å². The first kappa shape index (κ1) is 28.6. The van der Waals surface area contributed by atoms with Gasteiger partial charge < -0.3 is 0 Å². The SMILES string of the molecule is CC(=O)CC(C)=O.Cc1cc(-c2ccccc2)ncn1.Cc1cc(-c2ccccc2)ncn1.[Ru+3]. The number of nitrogens with zero attached hydrogens (tertiary/aromatic N) is 4. The molecule has 4 aromatic rings. The van der Waals surface area contributed by atoms with Gasteiger partial charge in [0.15, 0.2) is 0 Å². The van der Waals surface area contributed by atoms with Crippen molar-refractivity contribution in [3.05, 3.63) is 96.8 Å². The molecule has 0 N–H and O–H groups in total. The van der Waals surface area contributed by atoms with E-state index in [0.717, 1.165) is 33.9 Å². The normalized spacial score (nSPS) is 9.29. The minimum Gasteiger partial charge on any atom is -0.300 e. The number of aromatic nitrogens is 4. The van der Waals surface area contributed by atoms with E-state index in [1.165, 1.54) is 13.8 Å². The molecule has 2 aromatic heterocycles. The molecule has 0 aliphatic rings. The van der Waals surface area contributed by atoms with Gasteiger partial charge in [0.05, 0.1) is 17.8 Å². The first-order valence-corrected chi connectivity index (χ1v) is 10.5. The van der Waals surface area contributed by atoms with Gasteiger partial charge in [0.25, 0.3) is 0 Å². The van der Waals surface area contributed by atoms with E-state index in [-0.39, 0.29) is 37.5 Å². The molecule has 2 aromatic carbocycles. The summed E-state index contributed by atoms with van der Waals surface area (Å²) in [6, 6.07) is 24.2. The standard InChI is InChI=1S/2C11H10N2.C5H8O2.Ru/c2*1-9-7-11(13-8-12-9)10-5-3-2-4-6-10;1-4(6)3-5(2)7;/h2*2-8H,1H3;3H2,1-2H3;/q;;;+3. The first-order chi connectivity index (χ1) is 15.8. The summed E-state index contributed by atoms with van der Waals surface area (Å²) in [7, 11) is 0. The van der Waals surface area contributed by atoms with Crippen LogP contribution in [0.3, 0.4) is 0 Å². The van der Waals surface area contributed by atoms with Crippen LogP contribution in [0.25, 0.3) is 22.5 Å². The van der Waals surface area contributed by atoms with Crippen LogP contribution in [-0.2, 0) is 29.1 Å². The van der Waals surface area contributed by atoms with Gasteiger partial charge >= 0.3 is 19.5 Å². The van der Waals surface area contributed by atoms with E-state index >= 15 is 0 Å². The van der Waals surface area contributed by atoms with Crippen molar-refractivity contribution in [2.45, 2.75) is 34.1 Å². The van der Waals surface area contributed by atoms with Crippen LogP contribution >= 0.6 is 0 Å². The van der Waals surface area contributed by atoms with Crippen LogP contribution in [0.1, 0.15) is 31.7 Å². The number of carbonyl (C=O) groups is 2. The van der Waals surface area contributed by atoms with Gasteiger partial charge in [0, 0.05) is 22.5 Å². The van der Waals surface area contributed by atoms with E-state index in [0.29, 0.717) is 0 Å². The zero-order valence-electron chi connectivity index (χ0n) is 19.7. The molecule has 2 heterocycles. The fourth-order valence-electron chi connectivity index (χ4n) is 2.79. The number of benzene rings is 2. The Morgan fingerprint density at radius 1 is 0.618 bits per heavy atom. The van der Waals surface area contributed by atoms with Crippen molar-refractivity contribution in [3.63, 3.8) is 0 Å². The molecule has 7 heteroatoms. The van der Waals surface area contributed by atoms with Crippen molar-refractivity contribution in [2.24, 2.45) is 0 Å². The molecular weight excluding hydrogens is 513 g/mol. The molecule has 0 fully saturated rings. The van der Waals surface area contributed by atoms with Crippen LogP contribution < -0.4 is 0 Å². The summed E-state index contributed by atoms with van der Waals surface area (Å²) in [5.41, 5.74) is 6.21. The molecule has 0 saturated heterocycles. The van der Waals surface area contributed by atoms with Gasteiger partial charge in [-0.05, 0) is 39.8 Å². The smallest absolute Gasteiger partial charge is 0.300 e. The second-order valence-electron chi connectivity index (χ2n) is 7.40. The Labute approximate surface area is 213 Å². The second kappa shape index (κ2) is 15.4. The maximum atomic E-state index is 10.0. The van der Waals surface area contributed by atoms with E-state index in [1.54, 1.807) is 12.7 Å². The third-order valence-corrected chi connectivity index (χ3v) is 4.24. The summed E-state index contributed by atoms with van der Waals surface area (Å²) in [6.07, 6.45) is 3.27. The maximum absolute atomic E-state index is 10.0. The van der Waals surface area contributed by atoms with Crippen LogP contribution in [0.5, 0.6) is 0 Å². The van der Waals surface area contributed by atoms with Crippen LogP contribution in [0.15, 0.2) is 85.5 Å². The molecule has 0 aliphatic heterocycles. The molecule has 0 unspecified atom stereocenters. The summed E-state index contributed by atoms with van der Waals surface area (Å²) in [4.78, 5) is 36.6. The average Bonchev–Trinajstić information content (AvgIpc) is 2.80. The monoisotopic (exact) mass is 542 g/mol. The third-order valence-electron chi connectivity index (χ3n) is 4.24. The quantitative estimate of drug-likeness (QED) is 0.252. The molecule has 0 spiro atoms. The zero-order chi connectivity index (χ0) is 24.1. The molecule has 0 bridgehead atoms. The van der Waals surface area contributed by atoms with Gasteiger partial charge in [0.2, 0.25) is 0 Å². The van der Waals surface area contributed by atoms with Gasteiger partial charge in [0.1, 0.15) is 24.2 Å². The molecule has 4 rings (SSSR count). The van der Waals surface area contributed by atoms with Gasteiger partial charge in [-0.2, -0.15) is 0 Å². The Bertz CT molecular complexity index is 1080. The molecule has 0 atom stereocenters. The Balaban J connectivity index is 0.000000264. The number of ketones is 2. The van der Waals surface area contributed by atoms with Crippen LogP contribution in [-0.4, -0.2) is 31.5 Å². The molecule has 0 saturated carbocycles. The molecule has 0 aliphatic carbocycles. The molecule has 6 nitrogen and oxygen atoms in total. The average molecular weight is 542 g/mol. The van der Waals surface area contributed by atoms with Gasteiger partial charge in [-0.25, -0.2) is 19.9 Å². The molecule has 0 amide bonds. The van der Waals surface area contributed by atoms with Crippen molar-refractivity contribution in [3.8, 4) is 22.5 Å². The number of rotatable bonds is 4. The van der Waals surface area contributed by atoms with E-state index in [1.807, 2.05) is 86.6 Å². The third kappa shape index (κ3) is 10.9. The molecule has 1 radical (unpaired) electrons. The van der Waals surface area contributed by atoms with Crippen molar-refractivity contribution in [1.29, 1.82) is 0 Å².